The number of carbonyl (C=O) groups excluding carboxylic acids is 2. The Balaban J connectivity index is 1.79. The normalized spacial score (nSPS) is 26.3. The summed E-state index contributed by atoms with van der Waals surface area (Å²) in [4.78, 5) is 36.7. The Hall–Kier alpha value is -1.59. The van der Waals surface area contributed by atoms with Gasteiger partial charge in [0.2, 0.25) is 11.8 Å². The smallest absolute Gasteiger partial charge is 0.307 e. The Kier molecular flexibility index (Phi) is 4.98. The highest BCUT2D eigenvalue weighted by atomic mass is 16.4. The van der Waals surface area contributed by atoms with E-state index in [1.807, 2.05) is 0 Å². The molecule has 0 aromatic rings. The molecular formula is C14H22N2O4. The molecule has 1 aliphatic heterocycles. The van der Waals surface area contributed by atoms with E-state index in [9.17, 15) is 14.4 Å². The second-order valence-electron chi connectivity index (χ2n) is 5.64. The van der Waals surface area contributed by atoms with Gasteiger partial charge in [0.1, 0.15) is 0 Å². The zero-order valence-corrected chi connectivity index (χ0v) is 11.6. The van der Waals surface area contributed by atoms with Crippen LogP contribution in [0.1, 0.15) is 38.5 Å². The average molecular weight is 282 g/mol. The summed E-state index contributed by atoms with van der Waals surface area (Å²) in [6.45, 7) is 1.51. The lowest BCUT2D eigenvalue weighted by Crippen LogP contribution is -2.44. The summed E-state index contributed by atoms with van der Waals surface area (Å²) in [7, 11) is 0. The molecule has 0 aromatic heterocycles. The topological polar surface area (TPSA) is 86.7 Å². The molecule has 0 aromatic carbocycles. The Morgan fingerprint density at radius 3 is 2.30 bits per heavy atom. The number of aliphatic carboxylic acids is 1. The lowest BCUT2D eigenvalue weighted by molar-refractivity contribution is -0.146. The number of carboxylic acids is 1. The van der Waals surface area contributed by atoms with Crippen LogP contribution in [0.3, 0.4) is 0 Å². The van der Waals surface area contributed by atoms with Crippen LogP contribution in [-0.2, 0) is 14.4 Å². The fraction of sp³-hybridized carbons (Fsp3) is 0.786. The summed E-state index contributed by atoms with van der Waals surface area (Å²) in [6.07, 6.45) is 5.09. The van der Waals surface area contributed by atoms with Crippen LogP contribution in [0, 0.1) is 11.8 Å². The van der Waals surface area contributed by atoms with Gasteiger partial charge in [-0.1, -0.05) is 6.42 Å². The van der Waals surface area contributed by atoms with Gasteiger partial charge in [-0.05, 0) is 32.1 Å². The second-order valence-corrected chi connectivity index (χ2v) is 5.64. The number of hydrogen-bond acceptors (Lipinski definition) is 3. The molecule has 2 amide bonds. The van der Waals surface area contributed by atoms with Crippen LogP contribution in [0.2, 0.25) is 0 Å². The summed E-state index contributed by atoms with van der Waals surface area (Å²) in [5, 5.41) is 11.7. The van der Waals surface area contributed by atoms with Gasteiger partial charge in [-0.3, -0.25) is 14.4 Å². The van der Waals surface area contributed by atoms with E-state index in [1.165, 1.54) is 0 Å². The van der Waals surface area contributed by atoms with Crippen LogP contribution in [0.4, 0.5) is 0 Å². The first kappa shape index (κ1) is 14.8. The summed E-state index contributed by atoms with van der Waals surface area (Å²) in [6, 6.07) is 0. The lowest BCUT2D eigenvalue weighted by atomic mass is 9.95. The Morgan fingerprint density at radius 2 is 1.65 bits per heavy atom. The number of nitrogens with one attached hydrogen (secondary N) is 1. The molecule has 0 unspecified atom stereocenters. The van der Waals surface area contributed by atoms with Crippen molar-refractivity contribution in [3.8, 4) is 0 Å². The van der Waals surface area contributed by atoms with Gasteiger partial charge in [0.25, 0.3) is 0 Å². The highest BCUT2D eigenvalue weighted by Gasteiger charge is 2.37. The summed E-state index contributed by atoms with van der Waals surface area (Å²) < 4.78 is 0. The van der Waals surface area contributed by atoms with Gasteiger partial charge in [0, 0.05) is 13.1 Å². The largest absolute Gasteiger partial charge is 0.481 e. The van der Waals surface area contributed by atoms with E-state index in [4.69, 9.17) is 5.11 Å². The van der Waals surface area contributed by atoms with E-state index in [-0.39, 0.29) is 18.4 Å². The van der Waals surface area contributed by atoms with Gasteiger partial charge < -0.3 is 15.3 Å². The van der Waals surface area contributed by atoms with E-state index in [0.717, 1.165) is 38.8 Å². The molecule has 6 nitrogen and oxygen atoms in total. The fourth-order valence-corrected chi connectivity index (χ4v) is 3.12. The minimum absolute atomic E-state index is 0.0122. The molecule has 0 radical (unpaired) electrons. The average Bonchev–Trinajstić information content (AvgIpc) is 2.95. The standard InChI is InChI=1S/C14H22N2O4/c17-12(16-7-2-1-3-8-16)9-15-13(18)10-5-4-6-11(10)14(19)20/h10-11H,1-9H2,(H,15,18)(H,19,20)/t10-,11+/m1/s1. The molecular weight excluding hydrogens is 260 g/mol. The fourth-order valence-electron chi connectivity index (χ4n) is 3.12. The van der Waals surface area contributed by atoms with Gasteiger partial charge in [0.15, 0.2) is 0 Å². The van der Waals surface area contributed by atoms with Gasteiger partial charge in [-0.2, -0.15) is 0 Å². The van der Waals surface area contributed by atoms with Gasteiger partial charge in [0.05, 0.1) is 18.4 Å². The number of rotatable bonds is 4. The number of amides is 2. The van der Waals surface area contributed by atoms with Crippen LogP contribution in [0.15, 0.2) is 0 Å². The molecule has 1 saturated carbocycles. The summed E-state index contributed by atoms with van der Waals surface area (Å²) in [5.74, 6) is -2.35. The van der Waals surface area contributed by atoms with Crippen LogP contribution >= 0.6 is 0 Å². The third-order valence-electron chi connectivity index (χ3n) is 4.29. The van der Waals surface area contributed by atoms with Crippen molar-refractivity contribution in [1.82, 2.24) is 10.2 Å². The molecule has 0 bridgehead atoms. The summed E-state index contributed by atoms with van der Waals surface area (Å²) in [5.41, 5.74) is 0. The van der Waals surface area contributed by atoms with Crippen molar-refractivity contribution in [3.63, 3.8) is 0 Å². The third kappa shape index (κ3) is 3.49. The molecule has 6 heteroatoms. The highest BCUT2D eigenvalue weighted by molar-refractivity contribution is 5.88. The molecule has 1 saturated heterocycles. The number of carbonyl (C=O) groups is 3. The number of likely N-dealkylation sites (tertiary alicyclic amines) is 1. The highest BCUT2D eigenvalue weighted by Crippen LogP contribution is 2.31. The van der Waals surface area contributed by atoms with Crippen LogP contribution in [0.25, 0.3) is 0 Å². The molecule has 2 atom stereocenters. The van der Waals surface area contributed by atoms with Crippen molar-refractivity contribution < 1.29 is 19.5 Å². The van der Waals surface area contributed by atoms with Crippen molar-refractivity contribution >= 4 is 17.8 Å². The zero-order chi connectivity index (χ0) is 14.5. The SMILES string of the molecule is O=C(O)[C@H]1CCC[C@H]1C(=O)NCC(=O)N1CCCCC1. The maximum Gasteiger partial charge on any atom is 0.307 e. The van der Waals surface area contributed by atoms with E-state index in [1.54, 1.807) is 4.90 Å². The second kappa shape index (κ2) is 6.72. The van der Waals surface area contributed by atoms with Crippen molar-refractivity contribution in [2.45, 2.75) is 38.5 Å². The quantitative estimate of drug-likeness (QED) is 0.791. The maximum atomic E-state index is 12.0. The Morgan fingerprint density at radius 1 is 1.00 bits per heavy atom. The van der Waals surface area contributed by atoms with Gasteiger partial charge >= 0.3 is 5.97 Å². The molecule has 20 heavy (non-hydrogen) atoms. The predicted molar refractivity (Wildman–Crippen MR) is 71.9 cm³/mol. The number of piperidine rings is 1. The first-order valence-corrected chi connectivity index (χ1v) is 7.38. The number of carboxylic acid groups (broad SMARTS) is 1. The third-order valence-corrected chi connectivity index (χ3v) is 4.29. The number of nitrogens with zero attached hydrogens (tertiary/aromatic N) is 1. The first-order valence-electron chi connectivity index (χ1n) is 7.38. The van der Waals surface area contributed by atoms with E-state index in [2.05, 4.69) is 5.32 Å². The first-order chi connectivity index (χ1) is 9.59. The van der Waals surface area contributed by atoms with Crippen molar-refractivity contribution in [1.29, 1.82) is 0 Å². The predicted octanol–water partition coefficient (Wildman–Crippen LogP) is 0.616. The molecule has 2 rings (SSSR count). The van der Waals surface area contributed by atoms with Crippen LogP contribution in [0.5, 0.6) is 0 Å². The van der Waals surface area contributed by atoms with E-state index in [0.29, 0.717) is 12.8 Å². The Bertz CT molecular complexity index is 391. The Labute approximate surface area is 118 Å². The van der Waals surface area contributed by atoms with Crippen molar-refractivity contribution in [3.05, 3.63) is 0 Å². The van der Waals surface area contributed by atoms with Crippen LogP contribution < -0.4 is 5.32 Å². The lowest BCUT2D eigenvalue weighted by Gasteiger charge is -2.27. The zero-order valence-electron chi connectivity index (χ0n) is 11.6. The van der Waals surface area contributed by atoms with E-state index < -0.39 is 17.8 Å². The molecule has 2 N–H and O–H groups in total. The molecule has 1 heterocycles. The number of hydrogen-bond donors (Lipinski definition) is 2. The van der Waals surface area contributed by atoms with Gasteiger partial charge in [-0.15, -0.1) is 0 Å². The van der Waals surface area contributed by atoms with Crippen LogP contribution in [-0.4, -0.2) is 47.4 Å². The van der Waals surface area contributed by atoms with Gasteiger partial charge in [-0.25, -0.2) is 0 Å². The molecule has 112 valence electrons. The molecule has 2 aliphatic rings. The summed E-state index contributed by atoms with van der Waals surface area (Å²) >= 11 is 0. The van der Waals surface area contributed by atoms with E-state index >= 15 is 0 Å². The monoisotopic (exact) mass is 282 g/mol. The van der Waals surface area contributed by atoms with Crippen molar-refractivity contribution in [2.75, 3.05) is 19.6 Å². The van der Waals surface area contributed by atoms with Crippen molar-refractivity contribution in [2.24, 2.45) is 11.8 Å². The molecule has 1 aliphatic carbocycles. The molecule has 2 fully saturated rings. The minimum Gasteiger partial charge on any atom is -0.481 e. The molecule has 0 spiro atoms. The minimum atomic E-state index is -0.912. The maximum absolute atomic E-state index is 12.0.